The number of nitrogens with one attached hydrogen (secondary N) is 1. The molecule has 0 aliphatic carbocycles. The lowest BCUT2D eigenvalue weighted by molar-refractivity contribution is -0.275. The molecule has 1 amide bonds. The molecule has 11 heteroatoms. The van der Waals surface area contributed by atoms with Gasteiger partial charge in [-0.1, -0.05) is 46.2 Å². The first-order chi connectivity index (χ1) is 15.0. The van der Waals surface area contributed by atoms with Crippen LogP contribution in [0.2, 0.25) is 10.0 Å². The van der Waals surface area contributed by atoms with Crippen LogP contribution in [-0.4, -0.2) is 36.3 Å². The topological polar surface area (TPSA) is 63.0 Å². The van der Waals surface area contributed by atoms with E-state index in [4.69, 9.17) is 28.0 Å². The van der Waals surface area contributed by atoms with Crippen molar-refractivity contribution in [3.05, 3.63) is 68.7 Å². The molecule has 0 fully saturated rings. The summed E-state index contributed by atoms with van der Waals surface area (Å²) in [7, 11) is 1.56. The van der Waals surface area contributed by atoms with Crippen LogP contribution in [0.3, 0.4) is 0 Å². The van der Waals surface area contributed by atoms with Crippen LogP contribution in [0, 0.1) is 6.92 Å². The average Bonchev–Trinajstić information content (AvgIpc) is 3.18. The molecule has 3 rings (SSSR count). The van der Waals surface area contributed by atoms with E-state index in [1.165, 1.54) is 30.0 Å². The molecule has 1 heterocycles. The Bertz CT molecular complexity index is 1100. The smallest absolute Gasteiger partial charge is 0.374 e. The van der Waals surface area contributed by atoms with Gasteiger partial charge in [-0.05, 0) is 54.6 Å². The van der Waals surface area contributed by atoms with E-state index in [9.17, 15) is 18.0 Å². The van der Waals surface area contributed by atoms with Crippen molar-refractivity contribution in [3.8, 4) is 0 Å². The summed E-state index contributed by atoms with van der Waals surface area (Å²) in [5, 5.41) is 6.97. The zero-order valence-corrected chi connectivity index (χ0v) is 19.5. The first-order valence-corrected chi connectivity index (χ1v) is 11.2. The van der Waals surface area contributed by atoms with Crippen LogP contribution in [-0.2, 0) is 10.4 Å². The van der Waals surface area contributed by atoms with Crippen LogP contribution in [0.1, 0.15) is 33.5 Å². The Morgan fingerprint density at radius 3 is 2.41 bits per heavy atom. The molecule has 2 aromatic rings. The normalized spacial score (nSPS) is 18.9. The van der Waals surface area contributed by atoms with Crippen molar-refractivity contribution < 1.29 is 22.8 Å². The van der Waals surface area contributed by atoms with Gasteiger partial charge in [0.1, 0.15) is 0 Å². The van der Waals surface area contributed by atoms with E-state index in [1.807, 2.05) is 0 Å². The summed E-state index contributed by atoms with van der Waals surface area (Å²) in [5.74, 6) is -0.369. The fraction of sp³-hybridized carbons (Fsp3) is 0.286. The van der Waals surface area contributed by atoms with E-state index in [2.05, 4.69) is 15.5 Å². The monoisotopic (exact) mass is 503 g/mol. The number of amides is 1. The van der Waals surface area contributed by atoms with Gasteiger partial charge < -0.3 is 10.2 Å². The summed E-state index contributed by atoms with van der Waals surface area (Å²) in [6.07, 6.45) is -3.58. The van der Waals surface area contributed by atoms with Crippen LogP contribution < -0.4 is 5.32 Å². The minimum atomic E-state index is -4.78. The molecule has 2 aromatic carbocycles. The largest absolute Gasteiger partial charge is 0.435 e. The number of rotatable bonds is 3. The van der Waals surface area contributed by atoms with Gasteiger partial charge in [0.05, 0.1) is 5.71 Å². The summed E-state index contributed by atoms with van der Waals surface area (Å²) in [6.45, 7) is 1.68. The van der Waals surface area contributed by atoms with Crippen molar-refractivity contribution >= 4 is 51.8 Å². The molecule has 0 bridgehead atoms. The van der Waals surface area contributed by atoms with Crippen molar-refractivity contribution in [1.29, 1.82) is 0 Å². The standard InChI is InChI=1S/C21H18Cl2F3N3O2S/c1-11-6-12(4-5-16(11)18(30)28-19(27-2)32-3)17-10-20(31-29-17,21(24,25)26)13-7-14(22)9-15(23)8-13/h4-9H,10H2,1-3H3,(H,27,28,30). The van der Waals surface area contributed by atoms with Crippen molar-refractivity contribution in [2.24, 2.45) is 10.1 Å². The van der Waals surface area contributed by atoms with Gasteiger partial charge >= 0.3 is 6.18 Å². The zero-order valence-electron chi connectivity index (χ0n) is 17.2. The predicted molar refractivity (Wildman–Crippen MR) is 122 cm³/mol. The quantitative estimate of drug-likeness (QED) is 0.415. The van der Waals surface area contributed by atoms with Crippen LogP contribution in [0.4, 0.5) is 13.2 Å². The van der Waals surface area contributed by atoms with Crippen LogP contribution in [0.5, 0.6) is 0 Å². The molecule has 0 radical (unpaired) electrons. The van der Waals surface area contributed by atoms with Crippen LogP contribution in [0.15, 0.2) is 46.5 Å². The fourth-order valence-corrected chi connectivity index (χ4v) is 4.21. The molecule has 5 nitrogen and oxygen atoms in total. The van der Waals surface area contributed by atoms with E-state index >= 15 is 0 Å². The molecule has 32 heavy (non-hydrogen) atoms. The second-order valence-electron chi connectivity index (χ2n) is 7.01. The fourth-order valence-electron chi connectivity index (χ4n) is 3.31. The van der Waals surface area contributed by atoms with E-state index in [0.717, 1.165) is 12.1 Å². The highest BCUT2D eigenvalue weighted by atomic mass is 35.5. The highest BCUT2D eigenvalue weighted by Crippen LogP contribution is 2.49. The SMILES string of the molecule is CN=C(NC(=O)c1ccc(C2=NOC(c3cc(Cl)cc(Cl)c3)(C(F)(F)F)C2)cc1C)SC. The number of carbonyl (C=O) groups is 1. The molecule has 0 spiro atoms. The van der Waals surface area contributed by atoms with E-state index < -0.39 is 18.2 Å². The third-order valence-corrected chi connectivity index (χ3v) is 6.04. The summed E-state index contributed by atoms with van der Waals surface area (Å²) < 4.78 is 42.4. The number of halogens is 5. The van der Waals surface area contributed by atoms with Crippen molar-refractivity contribution in [2.45, 2.75) is 25.1 Å². The van der Waals surface area contributed by atoms with Crippen LogP contribution >= 0.6 is 35.0 Å². The number of hydrogen-bond donors (Lipinski definition) is 1. The van der Waals surface area contributed by atoms with Crippen LogP contribution in [0.25, 0.3) is 0 Å². The number of alkyl halides is 3. The highest BCUT2D eigenvalue weighted by Gasteiger charge is 2.62. The second-order valence-corrected chi connectivity index (χ2v) is 8.67. The molecule has 1 unspecified atom stereocenters. The first kappa shape index (κ1) is 24.4. The van der Waals surface area contributed by atoms with Gasteiger partial charge in [-0.25, -0.2) is 0 Å². The van der Waals surface area contributed by atoms with E-state index in [1.54, 1.807) is 26.3 Å². The molecule has 0 aromatic heterocycles. The Morgan fingerprint density at radius 2 is 1.88 bits per heavy atom. The molecular formula is C21H18Cl2F3N3O2S. The number of nitrogens with zero attached hydrogens (tertiary/aromatic N) is 2. The Balaban J connectivity index is 1.92. The number of amidine groups is 1. The Kier molecular flexibility index (Phi) is 7.12. The summed E-state index contributed by atoms with van der Waals surface area (Å²) >= 11 is 13.1. The van der Waals surface area contributed by atoms with Gasteiger partial charge in [0.15, 0.2) is 5.17 Å². The maximum absolute atomic E-state index is 14.1. The van der Waals surface area contributed by atoms with Crippen molar-refractivity contribution in [3.63, 3.8) is 0 Å². The summed E-state index contributed by atoms with van der Waals surface area (Å²) in [6, 6.07) is 8.32. The lowest BCUT2D eigenvalue weighted by atomic mass is 9.86. The van der Waals surface area contributed by atoms with Gasteiger partial charge in [0.2, 0.25) is 0 Å². The van der Waals surface area contributed by atoms with Gasteiger partial charge in [0, 0.05) is 34.6 Å². The maximum atomic E-state index is 14.1. The maximum Gasteiger partial charge on any atom is 0.435 e. The Hall–Kier alpha value is -2.23. The predicted octanol–water partition coefficient (Wildman–Crippen LogP) is 5.96. The highest BCUT2D eigenvalue weighted by molar-refractivity contribution is 8.13. The minimum absolute atomic E-state index is 0.0552. The number of thioether (sulfide) groups is 1. The average molecular weight is 504 g/mol. The molecular weight excluding hydrogens is 486 g/mol. The van der Waals surface area contributed by atoms with E-state index in [0.29, 0.717) is 21.9 Å². The lowest BCUT2D eigenvalue weighted by Gasteiger charge is -2.29. The molecule has 170 valence electrons. The lowest BCUT2D eigenvalue weighted by Crippen LogP contribution is -2.42. The van der Waals surface area contributed by atoms with Gasteiger partial charge in [-0.3, -0.25) is 9.79 Å². The molecule has 1 aliphatic heterocycles. The number of benzene rings is 2. The Labute approximate surface area is 197 Å². The molecule has 1 aliphatic rings. The molecule has 1 N–H and O–H groups in total. The van der Waals surface area contributed by atoms with Crippen molar-refractivity contribution in [1.82, 2.24) is 5.32 Å². The first-order valence-electron chi connectivity index (χ1n) is 9.22. The van der Waals surface area contributed by atoms with Crippen molar-refractivity contribution in [2.75, 3.05) is 13.3 Å². The summed E-state index contributed by atoms with van der Waals surface area (Å²) in [4.78, 5) is 21.4. The van der Waals surface area contributed by atoms with Gasteiger partial charge in [0.25, 0.3) is 11.5 Å². The minimum Gasteiger partial charge on any atom is -0.374 e. The van der Waals surface area contributed by atoms with Gasteiger partial charge in [-0.2, -0.15) is 13.2 Å². The number of aliphatic imine (C=N–C) groups is 1. The number of hydrogen-bond acceptors (Lipinski definition) is 5. The number of aryl methyl sites for hydroxylation is 1. The third-order valence-electron chi connectivity index (χ3n) is 4.94. The molecule has 1 atom stereocenters. The van der Waals surface area contributed by atoms with E-state index in [-0.39, 0.29) is 27.2 Å². The second kappa shape index (κ2) is 9.33. The third kappa shape index (κ3) is 4.74. The molecule has 0 saturated heterocycles. The number of oxime groups is 1. The Morgan fingerprint density at radius 1 is 1.22 bits per heavy atom. The van der Waals surface area contributed by atoms with Gasteiger partial charge in [-0.15, -0.1) is 0 Å². The zero-order chi connectivity index (χ0) is 23.7. The molecule has 0 saturated carbocycles. The summed E-state index contributed by atoms with van der Waals surface area (Å²) in [5.41, 5.74) is -1.52. The number of carbonyl (C=O) groups excluding carboxylic acids is 1.